The van der Waals surface area contributed by atoms with Gasteiger partial charge in [-0.1, -0.05) is 19.8 Å². The lowest BCUT2D eigenvalue weighted by Gasteiger charge is -2.25. The van der Waals surface area contributed by atoms with Crippen molar-refractivity contribution in [2.24, 2.45) is 0 Å². The van der Waals surface area contributed by atoms with Crippen molar-refractivity contribution in [3.05, 3.63) is 0 Å². The van der Waals surface area contributed by atoms with Gasteiger partial charge in [-0.3, -0.25) is 4.79 Å². The minimum Gasteiger partial charge on any atom is -0.469 e. The van der Waals surface area contributed by atoms with Crippen LogP contribution in [0.25, 0.3) is 0 Å². The number of rotatable bonds is 10. The Morgan fingerprint density at radius 1 is 1.22 bits per heavy atom. The van der Waals surface area contributed by atoms with E-state index in [9.17, 15) is 4.79 Å². The summed E-state index contributed by atoms with van der Waals surface area (Å²) in [6.45, 7) is 5.64. The lowest BCUT2D eigenvalue weighted by atomic mass is 10.1. The fourth-order valence-electron chi connectivity index (χ4n) is 1.27. The van der Waals surface area contributed by atoms with E-state index in [0.29, 0.717) is 12.8 Å². The highest BCUT2D eigenvalue weighted by Gasteiger charge is 2.21. The minimum absolute atomic E-state index is 0.113. The largest absolute Gasteiger partial charge is 0.469 e. The molecule has 0 bridgehead atoms. The lowest BCUT2D eigenvalue weighted by molar-refractivity contribution is -0.431. The Morgan fingerprint density at radius 3 is 2.39 bits per heavy atom. The molecule has 1 atom stereocenters. The zero-order valence-corrected chi connectivity index (χ0v) is 12.2. The molecule has 0 aromatic rings. The van der Waals surface area contributed by atoms with Crippen LogP contribution in [0.3, 0.4) is 0 Å². The molecule has 0 radical (unpaired) electrons. The van der Waals surface area contributed by atoms with Gasteiger partial charge in [-0.15, -0.1) is 0 Å². The van der Waals surface area contributed by atoms with Gasteiger partial charge in [0.1, 0.15) is 0 Å². The van der Waals surface area contributed by atoms with Gasteiger partial charge in [-0.25, -0.2) is 9.78 Å². The zero-order chi connectivity index (χ0) is 14.0. The fourth-order valence-corrected chi connectivity index (χ4v) is 1.27. The van der Waals surface area contributed by atoms with Crippen LogP contribution in [0.4, 0.5) is 0 Å². The van der Waals surface area contributed by atoms with Crippen molar-refractivity contribution >= 4 is 5.97 Å². The second-order valence-corrected chi connectivity index (χ2v) is 4.66. The van der Waals surface area contributed by atoms with Gasteiger partial charge in [-0.2, -0.15) is 0 Å². The molecule has 5 heteroatoms. The van der Waals surface area contributed by atoms with Crippen molar-refractivity contribution in [2.75, 3.05) is 14.2 Å². The number of hydrogen-bond acceptors (Lipinski definition) is 5. The van der Waals surface area contributed by atoms with Crippen LogP contribution < -0.4 is 0 Å². The first-order chi connectivity index (χ1) is 8.45. The quantitative estimate of drug-likeness (QED) is 0.262. The van der Waals surface area contributed by atoms with Gasteiger partial charge < -0.3 is 9.47 Å². The Hall–Kier alpha value is -0.650. The molecule has 0 N–H and O–H groups in total. The summed E-state index contributed by atoms with van der Waals surface area (Å²) in [6, 6.07) is 0. The van der Waals surface area contributed by atoms with E-state index >= 15 is 0 Å². The first-order valence-corrected chi connectivity index (χ1v) is 6.41. The van der Waals surface area contributed by atoms with Crippen molar-refractivity contribution in [3.63, 3.8) is 0 Å². The van der Waals surface area contributed by atoms with E-state index < -0.39 is 5.79 Å². The molecule has 0 aromatic heterocycles. The highest BCUT2D eigenvalue weighted by molar-refractivity contribution is 5.69. The van der Waals surface area contributed by atoms with E-state index in [1.165, 1.54) is 7.11 Å². The first-order valence-electron chi connectivity index (χ1n) is 6.41. The van der Waals surface area contributed by atoms with Gasteiger partial charge >= 0.3 is 5.97 Å². The molecule has 0 aliphatic heterocycles. The predicted molar refractivity (Wildman–Crippen MR) is 67.8 cm³/mol. The summed E-state index contributed by atoms with van der Waals surface area (Å²) >= 11 is 0. The average Bonchev–Trinajstić information content (AvgIpc) is 2.37. The average molecular weight is 262 g/mol. The summed E-state index contributed by atoms with van der Waals surface area (Å²) in [6.07, 6.45) is 3.77. The molecule has 0 saturated heterocycles. The van der Waals surface area contributed by atoms with Crippen molar-refractivity contribution in [1.82, 2.24) is 0 Å². The molecular weight excluding hydrogens is 236 g/mol. The van der Waals surface area contributed by atoms with E-state index in [1.807, 2.05) is 0 Å². The Kier molecular flexibility index (Phi) is 8.97. The Labute approximate surface area is 110 Å². The molecule has 0 aliphatic rings. The first kappa shape index (κ1) is 17.4. The molecular formula is C13H26O5. The Bertz CT molecular complexity index is 227. The third-order valence-corrected chi connectivity index (χ3v) is 2.65. The third-order valence-electron chi connectivity index (χ3n) is 2.65. The summed E-state index contributed by atoms with van der Waals surface area (Å²) < 4.78 is 9.71. The number of carbonyl (C=O) groups is 1. The summed E-state index contributed by atoms with van der Waals surface area (Å²) in [5.74, 6) is -1.01. The van der Waals surface area contributed by atoms with Gasteiger partial charge in [0, 0.05) is 13.5 Å². The van der Waals surface area contributed by atoms with Crippen LogP contribution in [0.15, 0.2) is 0 Å². The van der Waals surface area contributed by atoms with Crippen LogP contribution in [0, 0.1) is 0 Å². The van der Waals surface area contributed by atoms with Gasteiger partial charge in [-0.05, 0) is 26.7 Å². The molecule has 0 aromatic carbocycles. The number of esters is 1. The van der Waals surface area contributed by atoms with Crippen LogP contribution in [-0.2, 0) is 24.0 Å². The van der Waals surface area contributed by atoms with E-state index in [2.05, 4.69) is 11.7 Å². The third kappa shape index (κ3) is 8.44. The monoisotopic (exact) mass is 262 g/mol. The second-order valence-electron chi connectivity index (χ2n) is 4.66. The molecule has 108 valence electrons. The van der Waals surface area contributed by atoms with Crippen LogP contribution >= 0.6 is 0 Å². The van der Waals surface area contributed by atoms with Crippen LogP contribution in [-0.4, -0.2) is 32.1 Å². The van der Waals surface area contributed by atoms with Crippen LogP contribution in [0.5, 0.6) is 0 Å². The van der Waals surface area contributed by atoms with Crippen molar-refractivity contribution in [2.45, 2.75) is 64.8 Å². The molecule has 0 aliphatic carbocycles. The SMILES string of the molecule is CCCCC(CCC(=O)OC)OOC(C)(C)OC. The van der Waals surface area contributed by atoms with Gasteiger partial charge in [0.05, 0.1) is 13.2 Å². The molecule has 0 rings (SSSR count). The fraction of sp³-hybridized carbons (Fsp3) is 0.923. The molecule has 0 heterocycles. The minimum atomic E-state index is -0.782. The second kappa shape index (κ2) is 9.30. The van der Waals surface area contributed by atoms with Crippen molar-refractivity contribution in [1.29, 1.82) is 0 Å². The topological polar surface area (TPSA) is 54.0 Å². The van der Waals surface area contributed by atoms with Gasteiger partial charge in [0.15, 0.2) is 5.79 Å². The molecule has 0 saturated carbocycles. The Morgan fingerprint density at radius 2 is 1.89 bits per heavy atom. The highest BCUT2D eigenvalue weighted by Crippen LogP contribution is 2.17. The molecule has 5 nitrogen and oxygen atoms in total. The number of ether oxygens (including phenoxy) is 2. The predicted octanol–water partition coefficient (Wildman–Crippen LogP) is 2.83. The highest BCUT2D eigenvalue weighted by atomic mass is 17.2. The van der Waals surface area contributed by atoms with Crippen LogP contribution in [0.1, 0.15) is 52.9 Å². The summed E-state index contributed by atoms with van der Waals surface area (Å²) in [7, 11) is 2.94. The maximum Gasteiger partial charge on any atom is 0.305 e. The number of methoxy groups -OCH3 is 2. The van der Waals surface area contributed by atoms with Crippen LogP contribution in [0.2, 0.25) is 0 Å². The van der Waals surface area contributed by atoms with Gasteiger partial charge in [0.2, 0.25) is 0 Å². The maximum atomic E-state index is 11.1. The lowest BCUT2D eigenvalue weighted by Crippen LogP contribution is -2.29. The molecule has 0 fully saturated rings. The molecule has 0 amide bonds. The normalized spacial score (nSPS) is 13.4. The standard InChI is InChI=1S/C13H26O5/c1-6-7-8-11(9-10-12(14)15-4)17-18-13(2,3)16-5/h11H,6-10H2,1-5H3. The zero-order valence-electron chi connectivity index (χ0n) is 12.2. The summed E-state index contributed by atoms with van der Waals surface area (Å²) in [4.78, 5) is 21.7. The van der Waals surface area contributed by atoms with Crippen molar-refractivity contribution in [3.8, 4) is 0 Å². The van der Waals surface area contributed by atoms with E-state index in [0.717, 1.165) is 19.3 Å². The summed E-state index contributed by atoms with van der Waals surface area (Å²) in [5.41, 5.74) is 0. The Balaban J connectivity index is 4.09. The molecule has 0 spiro atoms. The maximum absolute atomic E-state index is 11.1. The van der Waals surface area contributed by atoms with E-state index in [1.54, 1.807) is 21.0 Å². The van der Waals surface area contributed by atoms with E-state index in [-0.39, 0.29) is 12.1 Å². The van der Waals surface area contributed by atoms with E-state index in [4.69, 9.17) is 14.5 Å². The number of unbranched alkanes of at least 4 members (excludes halogenated alkanes) is 1. The van der Waals surface area contributed by atoms with Gasteiger partial charge in [0.25, 0.3) is 0 Å². The molecule has 18 heavy (non-hydrogen) atoms. The summed E-state index contributed by atoms with van der Waals surface area (Å²) in [5, 5.41) is 0. The smallest absolute Gasteiger partial charge is 0.305 e. The number of carbonyl (C=O) groups excluding carboxylic acids is 1. The van der Waals surface area contributed by atoms with Crippen molar-refractivity contribution < 1.29 is 24.0 Å². The number of hydrogen-bond donors (Lipinski definition) is 0. The molecule has 1 unspecified atom stereocenters.